The van der Waals surface area contributed by atoms with E-state index in [1.165, 1.54) is 16.8 Å². The molecular weight excluding hydrogens is 288 g/mol. The van der Waals surface area contributed by atoms with Gasteiger partial charge >= 0.3 is 0 Å². The maximum absolute atomic E-state index is 12.9. The average molecular weight is 306 g/mol. The maximum Gasteiger partial charge on any atom is 0.283 e. The SMILES string of the molecule is CC1CN(S(=O)(=O)c2cn(C)cn2)c2ccccc2CN1. The summed E-state index contributed by atoms with van der Waals surface area (Å²) < 4.78 is 28.9. The molecule has 1 aromatic carbocycles. The minimum atomic E-state index is -3.65. The summed E-state index contributed by atoms with van der Waals surface area (Å²) >= 11 is 0. The van der Waals surface area contributed by atoms with E-state index in [1.807, 2.05) is 31.2 Å². The molecule has 1 aliphatic rings. The van der Waals surface area contributed by atoms with Crippen molar-refractivity contribution in [2.45, 2.75) is 24.5 Å². The molecule has 7 heteroatoms. The Kier molecular flexibility index (Phi) is 3.46. The normalized spacial score (nSPS) is 19.1. The van der Waals surface area contributed by atoms with Crippen LogP contribution in [0.2, 0.25) is 0 Å². The average Bonchev–Trinajstić information content (AvgIpc) is 2.82. The molecule has 2 aromatic rings. The Bertz CT molecular complexity index is 754. The highest BCUT2D eigenvalue weighted by molar-refractivity contribution is 7.92. The Morgan fingerprint density at radius 3 is 2.81 bits per heavy atom. The van der Waals surface area contributed by atoms with E-state index in [4.69, 9.17) is 0 Å². The molecule has 0 aliphatic carbocycles. The van der Waals surface area contributed by atoms with Gasteiger partial charge in [-0.25, -0.2) is 4.98 Å². The number of nitrogens with zero attached hydrogens (tertiary/aromatic N) is 3. The molecule has 1 unspecified atom stereocenters. The number of rotatable bonds is 2. The third kappa shape index (κ3) is 2.54. The van der Waals surface area contributed by atoms with Crippen molar-refractivity contribution in [3.05, 3.63) is 42.4 Å². The minimum absolute atomic E-state index is 0.0656. The predicted octanol–water partition coefficient (Wildman–Crippen LogP) is 1.11. The molecule has 0 fully saturated rings. The van der Waals surface area contributed by atoms with Gasteiger partial charge in [0.15, 0.2) is 5.03 Å². The monoisotopic (exact) mass is 306 g/mol. The lowest BCUT2D eigenvalue weighted by Gasteiger charge is -2.24. The Morgan fingerprint density at radius 1 is 1.33 bits per heavy atom. The van der Waals surface area contributed by atoms with Gasteiger partial charge in [0.1, 0.15) is 0 Å². The van der Waals surface area contributed by atoms with Crippen molar-refractivity contribution in [2.24, 2.45) is 7.05 Å². The van der Waals surface area contributed by atoms with Gasteiger partial charge in [-0.05, 0) is 18.6 Å². The van der Waals surface area contributed by atoms with Gasteiger partial charge in [-0.15, -0.1) is 0 Å². The molecule has 6 nitrogen and oxygen atoms in total. The zero-order valence-corrected chi connectivity index (χ0v) is 12.8. The Morgan fingerprint density at radius 2 is 2.10 bits per heavy atom. The van der Waals surface area contributed by atoms with Crippen LogP contribution in [-0.2, 0) is 23.6 Å². The molecule has 0 saturated carbocycles. The standard InChI is InChI=1S/C14H18N4O2S/c1-11-8-18(13-6-4-3-5-12(13)7-15-11)21(19,20)14-9-17(2)10-16-14/h3-6,9-11,15H,7-8H2,1-2H3. The van der Waals surface area contributed by atoms with Crippen molar-refractivity contribution in [1.29, 1.82) is 0 Å². The zero-order chi connectivity index (χ0) is 15.0. The van der Waals surface area contributed by atoms with Crippen LogP contribution >= 0.6 is 0 Å². The predicted molar refractivity (Wildman–Crippen MR) is 80.5 cm³/mol. The third-order valence-electron chi connectivity index (χ3n) is 3.58. The fraction of sp³-hybridized carbons (Fsp3) is 0.357. The molecule has 1 aromatic heterocycles. The van der Waals surface area contributed by atoms with Crippen molar-refractivity contribution < 1.29 is 8.42 Å². The summed E-state index contributed by atoms with van der Waals surface area (Å²) in [7, 11) is -1.89. The van der Waals surface area contributed by atoms with Crippen LogP contribution in [0.15, 0.2) is 41.8 Å². The van der Waals surface area contributed by atoms with E-state index >= 15 is 0 Å². The van der Waals surface area contributed by atoms with E-state index in [0.29, 0.717) is 13.1 Å². The number of hydrogen-bond acceptors (Lipinski definition) is 4. The molecule has 21 heavy (non-hydrogen) atoms. The number of hydrogen-bond donors (Lipinski definition) is 1. The van der Waals surface area contributed by atoms with Crippen LogP contribution in [0.4, 0.5) is 5.69 Å². The lowest BCUT2D eigenvalue weighted by atomic mass is 10.2. The molecule has 1 aliphatic heterocycles. The molecule has 0 spiro atoms. The number of benzene rings is 1. The quantitative estimate of drug-likeness (QED) is 0.902. The first kappa shape index (κ1) is 14.1. The second-order valence-electron chi connectivity index (χ2n) is 5.32. The van der Waals surface area contributed by atoms with Crippen LogP contribution in [-0.4, -0.2) is 30.6 Å². The highest BCUT2D eigenvalue weighted by atomic mass is 32.2. The summed E-state index contributed by atoms with van der Waals surface area (Å²) in [5.74, 6) is 0. The van der Waals surface area contributed by atoms with E-state index in [1.54, 1.807) is 11.6 Å². The maximum atomic E-state index is 12.9. The first-order chi connectivity index (χ1) is 9.98. The molecular formula is C14H18N4O2S. The van der Waals surface area contributed by atoms with Crippen molar-refractivity contribution in [1.82, 2.24) is 14.9 Å². The summed E-state index contributed by atoms with van der Waals surface area (Å²) in [6.45, 7) is 3.02. The lowest BCUT2D eigenvalue weighted by molar-refractivity contribution is 0.555. The largest absolute Gasteiger partial charge is 0.339 e. The highest BCUT2D eigenvalue weighted by Gasteiger charge is 2.31. The van der Waals surface area contributed by atoms with Crippen LogP contribution in [0.3, 0.4) is 0 Å². The number of fused-ring (bicyclic) bond motifs is 1. The van der Waals surface area contributed by atoms with Gasteiger partial charge in [0.25, 0.3) is 10.0 Å². The molecule has 2 heterocycles. The van der Waals surface area contributed by atoms with Crippen molar-refractivity contribution >= 4 is 15.7 Å². The van der Waals surface area contributed by atoms with Crippen LogP contribution in [0, 0.1) is 0 Å². The van der Waals surface area contributed by atoms with E-state index < -0.39 is 10.0 Å². The number of aryl methyl sites for hydroxylation is 1. The second-order valence-corrected chi connectivity index (χ2v) is 7.13. The lowest BCUT2D eigenvalue weighted by Crippen LogP contribution is -2.39. The van der Waals surface area contributed by atoms with E-state index in [-0.39, 0.29) is 11.1 Å². The second kappa shape index (κ2) is 5.16. The number of para-hydroxylation sites is 1. The first-order valence-corrected chi connectivity index (χ1v) is 8.24. The summed E-state index contributed by atoms with van der Waals surface area (Å²) in [4.78, 5) is 4.00. The van der Waals surface area contributed by atoms with Gasteiger partial charge in [0, 0.05) is 32.4 Å². The number of sulfonamides is 1. The molecule has 0 bridgehead atoms. The molecule has 0 radical (unpaired) electrons. The fourth-order valence-corrected chi connectivity index (χ4v) is 4.02. The number of imidazole rings is 1. The molecule has 0 amide bonds. The van der Waals surface area contributed by atoms with Crippen LogP contribution in [0.5, 0.6) is 0 Å². The van der Waals surface area contributed by atoms with Gasteiger partial charge < -0.3 is 9.88 Å². The number of aromatic nitrogens is 2. The summed E-state index contributed by atoms with van der Waals surface area (Å²) in [6, 6.07) is 7.63. The number of anilines is 1. The highest BCUT2D eigenvalue weighted by Crippen LogP contribution is 2.28. The fourth-order valence-electron chi connectivity index (χ4n) is 2.46. The topological polar surface area (TPSA) is 67.2 Å². The van der Waals surface area contributed by atoms with Crippen molar-refractivity contribution in [3.63, 3.8) is 0 Å². The molecule has 112 valence electrons. The molecule has 0 saturated heterocycles. The van der Waals surface area contributed by atoms with Crippen LogP contribution in [0.25, 0.3) is 0 Å². The van der Waals surface area contributed by atoms with Gasteiger partial charge in [-0.1, -0.05) is 18.2 Å². The van der Waals surface area contributed by atoms with Gasteiger partial charge in [0.05, 0.1) is 12.0 Å². The van der Waals surface area contributed by atoms with Crippen LogP contribution < -0.4 is 9.62 Å². The van der Waals surface area contributed by atoms with Crippen molar-refractivity contribution in [3.8, 4) is 0 Å². The Balaban J connectivity index is 2.11. The summed E-state index contributed by atoms with van der Waals surface area (Å²) in [5.41, 5.74) is 1.70. The van der Waals surface area contributed by atoms with E-state index in [9.17, 15) is 8.42 Å². The van der Waals surface area contributed by atoms with E-state index in [2.05, 4.69) is 10.3 Å². The first-order valence-electron chi connectivity index (χ1n) is 6.80. The Hall–Kier alpha value is -1.86. The van der Waals surface area contributed by atoms with Crippen molar-refractivity contribution in [2.75, 3.05) is 10.8 Å². The minimum Gasteiger partial charge on any atom is -0.339 e. The van der Waals surface area contributed by atoms with Gasteiger partial charge in [-0.2, -0.15) is 8.42 Å². The molecule has 1 N–H and O–H groups in total. The van der Waals surface area contributed by atoms with Gasteiger partial charge in [-0.3, -0.25) is 4.31 Å². The smallest absolute Gasteiger partial charge is 0.283 e. The molecule has 3 rings (SSSR count). The zero-order valence-electron chi connectivity index (χ0n) is 12.0. The number of nitrogens with one attached hydrogen (secondary N) is 1. The van der Waals surface area contributed by atoms with E-state index in [0.717, 1.165) is 11.3 Å². The van der Waals surface area contributed by atoms with Crippen LogP contribution in [0.1, 0.15) is 12.5 Å². The summed E-state index contributed by atoms with van der Waals surface area (Å²) in [5, 5.41) is 3.41. The van der Waals surface area contributed by atoms with Gasteiger partial charge in [0.2, 0.25) is 0 Å². The Labute approximate surface area is 124 Å². The molecule has 1 atom stereocenters. The third-order valence-corrected chi connectivity index (χ3v) is 5.24. The summed E-state index contributed by atoms with van der Waals surface area (Å²) in [6.07, 6.45) is 3.03.